The van der Waals surface area contributed by atoms with Crippen LogP contribution in [0.1, 0.15) is 59.8 Å². The quantitative estimate of drug-likeness (QED) is 0.688. The van der Waals surface area contributed by atoms with Gasteiger partial charge in [-0.3, -0.25) is 9.59 Å². The van der Waals surface area contributed by atoms with Crippen LogP contribution in [-0.2, 0) is 11.0 Å². The second kappa shape index (κ2) is 6.85. The Morgan fingerprint density at radius 3 is 2.44 bits per heavy atom. The number of pyridine rings is 1. The number of hydrogen-bond acceptors (Lipinski definition) is 3. The molecule has 4 aliphatic rings. The summed E-state index contributed by atoms with van der Waals surface area (Å²) in [5.74, 6) is 0.837. The molecule has 0 N–H and O–H groups in total. The van der Waals surface area contributed by atoms with Gasteiger partial charge in [-0.05, 0) is 67.6 Å². The summed E-state index contributed by atoms with van der Waals surface area (Å²) >= 11 is 6.39. The summed E-state index contributed by atoms with van der Waals surface area (Å²) in [7, 11) is 0. The number of amides is 2. The molecule has 0 bridgehead atoms. The van der Waals surface area contributed by atoms with E-state index in [1.807, 2.05) is 4.90 Å². The topological polar surface area (TPSA) is 57.9 Å². The van der Waals surface area contributed by atoms with Crippen LogP contribution in [0.3, 0.4) is 0 Å². The van der Waals surface area contributed by atoms with E-state index in [4.69, 9.17) is 11.6 Å². The first-order valence-electron chi connectivity index (χ1n) is 11.1. The van der Waals surface area contributed by atoms with E-state index in [9.17, 15) is 22.8 Å². The Morgan fingerprint density at radius 2 is 1.81 bits per heavy atom. The highest BCUT2D eigenvalue weighted by atomic mass is 35.5. The number of nitrogens with zero attached hydrogens (tertiary/aromatic N) is 4. The number of aromatic nitrogens is 2. The summed E-state index contributed by atoms with van der Waals surface area (Å²) in [6.07, 6.45) is 0.360. The molecule has 6 nitrogen and oxygen atoms in total. The van der Waals surface area contributed by atoms with Crippen LogP contribution in [0, 0.1) is 11.8 Å². The third-order valence-electron chi connectivity index (χ3n) is 7.44. The fourth-order valence-electron chi connectivity index (χ4n) is 5.46. The highest BCUT2D eigenvalue weighted by Crippen LogP contribution is 2.53. The molecule has 3 heterocycles. The average molecular weight is 467 g/mol. The van der Waals surface area contributed by atoms with E-state index in [1.165, 1.54) is 11.3 Å². The van der Waals surface area contributed by atoms with Crippen molar-refractivity contribution < 1.29 is 22.8 Å². The predicted molar refractivity (Wildman–Crippen MR) is 109 cm³/mol. The zero-order valence-electron chi connectivity index (χ0n) is 17.2. The Bertz CT molecular complexity index is 1130. The molecule has 0 spiro atoms. The summed E-state index contributed by atoms with van der Waals surface area (Å²) in [6, 6.07) is 2.93. The van der Waals surface area contributed by atoms with Crippen LogP contribution in [-0.4, -0.2) is 56.9 Å². The lowest BCUT2D eigenvalue weighted by Gasteiger charge is -2.38. The van der Waals surface area contributed by atoms with E-state index < -0.39 is 17.8 Å². The third kappa shape index (κ3) is 3.27. The minimum absolute atomic E-state index is 0.0712. The first-order chi connectivity index (χ1) is 15.2. The van der Waals surface area contributed by atoms with E-state index >= 15 is 0 Å². The maximum atomic E-state index is 13.7. The lowest BCUT2D eigenvalue weighted by atomic mass is 10.1. The van der Waals surface area contributed by atoms with Gasteiger partial charge in [0.1, 0.15) is 12.2 Å². The van der Waals surface area contributed by atoms with E-state index in [-0.39, 0.29) is 40.6 Å². The van der Waals surface area contributed by atoms with Crippen LogP contribution in [0.2, 0.25) is 5.02 Å². The number of carbonyl (C=O) groups excluding carboxylic acids is 2. The van der Waals surface area contributed by atoms with Gasteiger partial charge in [0.2, 0.25) is 5.91 Å². The van der Waals surface area contributed by atoms with Crippen molar-refractivity contribution in [3.05, 3.63) is 34.1 Å². The summed E-state index contributed by atoms with van der Waals surface area (Å²) in [4.78, 5) is 29.1. The molecule has 3 saturated carbocycles. The number of carbonyl (C=O) groups is 2. The first-order valence-corrected chi connectivity index (χ1v) is 11.5. The Hall–Kier alpha value is -2.29. The Labute approximate surface area is 187 Å². The lowest BCUT2D eigenvalue weighted by molar-refractivity contribution is -0.142. The molecule has 2 aromatic rings. The molecule has 4 fully saturated rings. The first kappa shape index (κ1) is 20.3. The molecular weight excluding hydrogens is 445 g/mol. The smallest absolute Gasteiger partial charge is 0.336 e. The molecule has 1 saturated heterocycles. The average Bonchev–Trinajstić information content (AvgIpc) is 3.66. The van der Waals surface area contributed by atoms with Crippen molar-refractivity contribution in [3.63, 3.8) is 0 Å². The maximum absolute atomic E-state index is 13.7. The molecule has 0 radical (unpaired) electrons. The van der Waals surface area contributed by atoms with E-state index in [0.717, 1.165) is 43.6 Å². The van der Waals surface area contributed by atoms with Crippen molar-refractivity contribution >= 4 is 28.9 Å². The monoisotopic (exact) mass is 466 g/mol. The summed E-state index contributed by atoms with van der Waals surface area (Å²) < 4.78 is 41.8. The van der Waals surface area contributed by atoms with Gasteiger partial charge in [0.05, 0.1) is 10.5 Å². The Balaban J connectivity index is 1.28. The number of alkyl halides is 3. The largest absolute Gasteiger partial charge is 0.433 e. The molecule has 32 heavy (non-hydrogen) atoms. The van der Waals surface area contributed by atoms with Crippen molar-refractivity contribution in [2.45, 2.75) is 50.2 Å². The van der Waals surface area contributed by atoms with E-state index in [0.29, 0.717) is 23.2 Å². The van der Waals surface area contributed by atoms with Gasteiger partial charge in [0, 0.05) is 19.1 Å². The fraction of sp³-hybridized carbons (Fsp3) is 0.591. The van der Waals surface area contributed by atoms with Crippen LogP contribution in [0.4, 0.5) is 13.2 Å². The summed E-state index contributed by atoms with van der Waals surface area (Å²) in [5.41, 5.74) is -0.557. The summed E-state index contributed by atoms with van der Waals surface area (Å²) in [6.45, 7) is 0.647. The van der Waals surface area contributed by atoms with Crippen LogP contribution in [0.25, 0.3) is 5.52 Å². The Kier molecular flexibility index (Phi) is 4.35. The van der Waals surface area contributed by atoms with Crippen molar-refractivity contribution in [2.75, 3.05) is 19.6 Å². The highest BCUT2D eigenvalue weighted by molar-refractivity contribution is 6.36. The minimum atomic E-state index is -4.64. The molecule has 1 aliphatic heterocycles. The van der Waals surface area contributed by atoms with Crippen molar-refractivity contribution in [3.8, 4) is 0 Å². The van der Waals surface area contributed by atoms with E-state index in [1.54, 1.807) is 6.07 Å². The van der Waals surface area contributed by atoms with Crippen LogP contribution < -0.4 is 0 Å². The minimum Gasteiger partial charge on any atom is -0.336 e. The lowest BCUT2D eigenvalue weighted by Crippen LogP contribution is -2.55. The Morgan fingerprint density at radius 1 is 1.09 bits per heavy atom. The molecule has 2 aromatic heterocycles. The second-order valence-corrected chi connectivity index (χ2v) is 9.98. The van der Waals surface area contributed by atoms with Gasteiger partial charge in [0.25, 0.3) is 5.91 Å². The molecule has 3 atom stereocenters. The van der Waals surface area contributed by atoms with Gasteiger partial charge in [-0.25, -0.2) is 4.52 Å². The number of halogens is 4. The van der Waals surface area contributed by atoms with E-state index in [2.05, 4.69) is 5.10 Å². The highest BCUT2D eigenvalue weighted by Gasteiger charge is 2.49. The fourth-order valence-corrected chi connectivity index (χ4v) is 5.72. The number of piperazine rings is 1. The van der Waals surface area contributed by atoms with Crippen molar-refractivity contribution in [1.82, 2.24) is 19.4 Å². The second-order valence-electron chi connectivity index (χ2n) is 9.60. The van der Waals surface area contributed by atoms with Crippen molar-refractivity contribution in [2.24, 2.45) is 11.8 Å². The van der Waals surface area contributed by atoms with Gasteiger partial charge in [-0.1, -0.05) is 11.6 Å². The predicted octanol–water partition coefficient (Wildman–Crippen LogP) is 3.97. The molecular formula is C22H22ClF3N4O2. The number of rotatable bonds is 3. The summed E-state index contributed by atoms with van der Waals surface area (Å²) in [5, 5.41) is 3.86. The zero-order valence-corrected chi connectivity index (χ0v) is 18.0. The van der Waals surface area contributed by atoms with Gasteiger partial charge in [-0.2, -0.15) is 18.3 Å². The third-order valence-corrected chi connectivity index (χ3v) is 7.81. The number of hydrogen-bond donors (Lipinski definition) is 0. The van der Waals surface area contributed by atoms with Crippen LogP contribution in [0.15, 0.2) is 12.1 Å². The van der Waals surface area contributed by atoms with Gasteiger partial charge in [0.15, 0.2) is 5.69 Å². The SMILES string of the molecule is O=C(c1nn2c(C(F)(F)F)cc(C3CC3)cc2c1Cl)N1CCN(C2CC3C[C@@H]3C2)C(=O)C1. The maximum Gasteiger partial charge on any atom is 0.433 e. The zero-order chi connectivity index (χ0) is 22.4. The molecule has 0 aromatic carbocycles. The molecule has 6 rings (SSSR count). The van der Waals surface area contributed by atoms with Crippen LogP contribution in [0.5, 0.6) is 0 Å². The molecule has 2 unspecified atom stereocenters. The van der Waals surface area contributed by atoms with Crippen LogP contribution >= 0.6 is 11.6 Å². The van der Waals surface area contributed by atoms with Crippen molar-refractivity contribution in [1.29, 1.82) is 0 Å². The van der Waals surface area contributed by atoms with Gasteiger partial charge >= 0.3 is 6.18 Å². The normalized spacial score (nSPS) is 27.9. The standard InChI is InChI=1S/C22H22ClF3N4O2/c23-19-16-8-14(11-1-2-11)9-17(22(24,25)26)30(16)27-20(19)21(32)28-3-4-29(18(31)10-28)15-6-12-5-13(12)7-15/h8-9,11-13,15H,1-7,10H2/t12-,13?,15?/m1/s1. The van der Waals surface area contributed by atoms with Gasteiger partial charge in [-0.15, -0.1) is 0 Å². The van der Waals surface area contributed by atoms with Gasteiger partial charge < -0.3 is 9.80 Å². The molecule has 170 valence electrons. The molecule has 10 heteroatoms. The molecule has 2 amide bonds. The molecule has 3 aliphatic carbocycles. The number of fused-ring (bicyclic) bond motifs is 2.